The number of rotatable bonds is 5. The molecule has 2 N–H and O–H groups in total. The Bertz CT molecular complexity index is 935. The van der Waals surface area contributed by atoms with Crippen LogP contribution in [0.1, 0.15) is 23.2 Å². The van der Waals surface area contributed by atoms with Crippen molar-refractivity contribution in [3.05, 3.63) is 53.2 Å². The SMILES string of the molecule is COC(=O)c1c(-c2ccc(F)cc2)csc1NC(=O)C1CC=CCC1C(=O)O. The standard InChI is InChI=1S/C20H18FNO5S/c1-27-20(26)16-15(11-6-8-12(21)9-7-11)10-28-18(16)22-17(23)13-4-2-3-5-14(13)19(24)25/h2-3,6-10,13-14H,4-5H2,1H3,(H,22,23)(H,24,25). The van der Waals surface area contributed by atoms with Gasteiger partial charge in [-0.1, -0.05) is 24.3 Å². The van der Waals surface area contributed by atoms with Gasteiger partial charge in [0.25, 0.3) is 0 Å². The number of nitrogens with one attached hydrogen (secondary N) is 1. The van der Waals surface area contributed by atoms with E-state index in [1.54, 1.807) is 17.5 Å². The van der Waals surface area contributed by atoms with Crippen LogP contribution >= 0.6 is 11.3 Å². The van der Waals surface area contributed by atoms with E-state index in [4.69, 9.17) is 4.74 Å². The number of carbonyl (C=O) groups excluding carboxylic acids is 2. The molecule has 0 aliphatic heterocycles. The topological polar surface area (TPSA) is 92.7 Å². The van der Waals surface area contributed by atoms with E-state index in [2.05, 4.69) is 5.32 Å². The molecule has 0 saturated carbocycles. The minimum Gasteiger partial charge on any atom is -0.481 e. The number of anilines is 1. The van der Waals surface area contributed by atoms with Gasteiger partial charge in [0, 0.05) is 10.9 Å². The first-order valence-electron chi connectivity index (χ1n) is 8.56. The van der Waals surface area contributed by atoms with Gasteiger partial charge in [0.15, 0.2) is 0 Å². The Morgan fingerprint density at radius 2 is 1.79 bits per heavy atom. The predicted octanol–water partition coefficient (Wildman–Crippen LogP) is 3.95. The molecule has 2 aromatic rings. The first-order chi connectivity index (χ1) is 13.4. The average molecular weight is 403 g/mol. The summed E-state index contributed by atoms with van der Waals surface area (Å²) in [5.41, 5.74) is 1.26. The van der Waals surface area contributed by atoms with Crippen LogP contribution in [0.2, 0.25) is 0 Å². The largest absolute Gasteiger partial charge is 0.481 e. The number of allylic oxidation sites excluding steroid dienone is 2. The summed E-state index contributed by atoms with van der Waals surface area (Å²) in [7, 11) is 1.23. The highest BCUT2D eigenvalue weighted by Gasteiger charge is 2.35. The maximum Gasteiger partial charge on any atom is 0.341 e. The van der Waals surface area contributed by atoms with E-state index in [9.17, 15) is 23.9 Å². The number of amides is 1. The number of carbonyl (C=O) groups is 3. The highest BCUT2D eigenvalue weighted by molar-refractivity contribution is 7.15. The van der Waals surface area contributed by atoms with Crippen molar-refractivity contribution >= 4 is 34.2 Å². The summed E-state index contributed by atoms with van der Waals surface area (Å²) >= 11 is 1.13. The van der Waals surface area contributed by atoms with Crippen LogP contribution in [0, 0.1) is 17.7 Å². The van der Waals surface area contributed by atoms with Crippen molar-refractivity contribution in [1.82, 2.24) is 0 Å². The third-order valence-electron chi connectivity index (χ3n) is 4.66. The van der Waals surface area contributed by atoms with Gasteiger partial charge in [0.1, 0.15) is 16.4 Å². The van der Waals surface area contributed by atoms with Crippen molar-refractivity contribution in [2.45, 2.75) is 12.8 Å². The number of hydrogen-bond acceptors (Lipinski definition) is 5. The summed E-state index contributed by atoms with van der Waals surface area (Å²) in [5, 5.41) is 14.0. The lowest BCUT2D eigenvalue weighted by molar-refractivity contribution is -0.146. The Labute approximate surface area is 164 Å². The van der Waals surface area contributed by atoms with E-state index >= 15 is 0 Å². The fourth-order valence-corrected chi connectivity index (χ4v) is 4.14. The molecule has 1 aliphatic rings. The first-order valence-corrected chi connectivity index (χ1v) is 9.44. The number of methoxy groups -OCH3 is 1. The van der Waals surface area contributed by atoms with Gasteiger partial charge in [-0.3, -0.25) is 9.59 Å². The number of carboxylic acids is 1. The number of ether oxygens (including phenoxy) is 1. The maximum absolute atomic E-state index is 13.2. The molecule has 8 heteroatoms. The smallest absolute Gasteiger partial charge is 0.341 e. The summed E-state index contributed by atoms with van der Waals surface area (Å²) < 4.78 is 18.1. The summed E-state index contributed by atoms with van der Waals surface area (Å²) in [4.78, 5) is 36.5. The van der Waals surface area contributed by atoms with Crippen LogP contribution in [0.5, 0.6) is 0 Å². The third kappa shape index (κ3) is 3.96. The molecule has 0 bridgehead atoms. The molecule has 1 aromatic heterocycles. The van der Waals surface area contributed by atoms with Gasteiger partial charge < -0.3 is 15.2 Å². The second-order valence-electron chi connectivity index (χ2n) is 6.34. The van der Waals surface area contributed by atoms with Crippen molar-refractivity contribution in [2.75, 3.05) is 12.4 Å². The normalized spacial score (nSPS) is 18.5. The van der Waals surface area contributed by atoms with E-state index in [1.165, 1.54) is 31.4 Å². The van der Waals surface area contributed by atoms with Gasteiger partial charge in [-0.05, 0) is 30.5 Å². The molecule has 0 saturated heterocycles. The van der Waals surface area contributed by atoms with Crippen LogP contribution in [0.25, 0.3) is 11.1 Å². The lowest BCUT2D eigenvalue weighted by Crippen LogP contribution is -2.34. The number of esters is 1. The quantitative estimate of drug-likeness (QED) is 0.583. The molecule has 0 spiro atoms. The van der Waals surface area contributed by atoms with Crippen LogP contribution in [-0.2, 0) is 14.3 Å². The molecule has 2 unspecified atom stereocenters. The number of hydrogen-bond donors (Lipinski definition) is 2. The fraction of sp³-hybridized carbons (Fsp3) is 0.250. The van der Waals surface area contributed by atoms with Gasteiger partial charge in [-0.2, -0.15) is 0 Å². The molecule has 1 aliphatic carbocycles. The number of thiophene rings is 1. The molecule has 1 aromatic carbocycles. The Morgan fingerprint density at radius 3 is 2.39 bits per heavy atom. The van der Waals surface area contributed by atoms with Gasteiger partial charge in [0.05, 0.1) is 18.9 Å². The second kappa shape index (κ2) is 8.35. The van der Waals surface area contributed by atoms with E-state index in [-0.39, 0.29) is 17.0 Å². The lowest BCUT2D eigenvalue weighted by Gasteiger charge is -2.24. The number of carboxylic acid groups (broad SMARTS) is 1. The maximum atomic E-state index is 13.2. The van der Waals surface area contributed by atoms with Crippen LogP contribution < -0.4 is 5.32 Å². The van der Waals surface area contributed by atoms with Crippen molar-refractivity contribution in [1.29, 1.82) is 0 Å². The Balaban J connectivity index is 1.92. The fourth-order valence-electron chi connectivity index (χ4n) is 3.18. The summed E-state index contributed by atoms with van der Waals surface area (Å²) in [6, 6.07) is 5.61. The van der Waals surface area contributed by atoms with Gasteiger partial charge in [-0.15, -0.1) is 11.3 Å². The van der Waals surface area contributed by atoms with Crippen LogP contribution in [-0.4, -0.2) is 30.1 Å². The van der Waals surface area contributed by atoms with E-state index in [0.717, 1.165) is 11.3 Å². The summed E-state index contributed by atoms with van der Waals surface area (Å²) in [6.07, 6.45) is 4.12. The molecule has 146 valence electrons. The van der Waals surface area contributed by atoms with Gasteiger partial charge in [-0.25, -0.2) is 9.18 Å². The van der Waals surface area contributed by atoms with E-state index in [1.807, 2.05) is 0 Å². The predicted molar refractivity (Wildman–Crippen MR) is 103 cm³/mol. The molecule has 3 rings (SSSR count). The molecule has 1 heterocycles. The average Bonchev–Trinajstić information content (AvgIpc) is 3.11. The minimum atomic E-state index is -1.03. The zero-order valence-electron chi connectivity index (χ0n) is 15.0. The lowest BCUT2D eigenvalue weighted by atomic mass is 9.82. The minimum absolute atomic E-state index is 0.158. The van der Waals surface area contributed by atoms with Crippen molar-refractivity contribution in [3.8, 4) is 11.1 Å². The van der Waals surface area contributed by atoms with Gasteiger partial charge in [0.2, 0.25) is 5.91 Å². The van der Waals surface area contributed by atoms with Crippen LogP contribution in [0.3, 0.4) is 0 Å². The number of halogens is 1. The zero-order valence-corrected chi connectivity index (χ0v) is 15.8. The molecule has 0 radical (unpaired) electrons. The molecule has 6 nitrogen and oxygen atoms in total. The Morgan fingerprint density at radius 1 is 1.14 bits per heavy atom. The highest BCUT2D eigenvalue weighted by atomic mass is 32.1. The summed E-state index contributed by atoms with van der Waals surface area (Å²) in [6.45, 7) is 0. The van der Waals surface area contributed by atoms with Crippen LogP contribution in [0.4, 0.5) is 9.39 Å². The van der Waals surface area contributed by atoms with Gasteiger partial charge >= 0.3 is 11.9 Å². The number of benzene rings is 1. The van der Waals surface area contributed by atoms with Crippen molar-refractivity contribution in [3.63, 3.8) is 0 Å². The van der Waals surface area contributed by atoms with Crippen molar-refractivity contribution < 1.29 is 28.6 Å². The van der Waals surface area contributed by atoms with E-state index in [0.29, 0.717) is 17.5 Å². The number of aliphatic carboxylic acids is 1. The molecular weight excluding hydrogens is 385 g/mol. The molecule has 2 atom stereocenters. The molecule has 1 amide bonds. The Kier molecular flexibility index (Phi) is 5.89. The zero-order chi connectivity index (χ0) is 20.3. The Hall–Kier alpha value is -3.00. The molecule has 28 heavy (non-hydrogen) atoms. The first kappa shape index (κ1) is 19.8. The third-order valence-corrected chi connectivity index (χ3v) is 5.55. The van der Waals surface area contributed by atoms with Crippen LogP contribution in [0.15, 0.2) is 41.8 Å². The molecule has 0 fully saturated rings. The monoisotopic (exact) mass is 403 g/mol. The second-order valence-corrected chi connectivity index (χ2v) is 7.21. The summed E-state index contributed by atoms with van der Waals surface area (Å²) in [5.74, 6) is -4.09. The highest BCUT2D eigenvalue weighted by Crippen LogP contribution is 2.37. The molecular formula is C20H18FNO5S. The van der Waals surface area contributed by atoms with Crippen molar-refractivity contribution in [2.24, 2.45) is 11.8 Å². The van der Waals surface area contributed by atoms with E-state index < -0.39 is 35.5 Å².